The first kappa shape index (κ1) is 13.8. The number of carbonyl (C=O) groups excluding carboxylic acids is 1. The van der Waals surface area contributed by atoms with E-state index in [-0.39, 0.29) is 6.03 Å². The fourth-order valence-electron chi connectivity index (χ4n) is 2.01. The number of nitrogens with one attached hydrogen (secondary N) is 2. The van der Waals surface area contributed by atoms with Gasteiger partial charge in [0.05, 0.1) is 32.6 Å². The van der Waals surface area contributed by atoms with Crippen molar-refractivity contribution in [3.8, 4) is 0 Å². The summed E-state index contributed by atoms with van der Waals surface area (Å²) in [6, 6.07) is -0.179. The zero-order valence-electron chi connectivity index (χ0n) is 11.1. The van der Waals surface area contributed by atoms with Crippen LogP contribution in [0.3, 0.4) is 0 Å². The molecule has 7 nitrogen and oxygen atoms in total. The first-order chi connectivity index (χ1) is 9.31. The maximum Gasteiger partial charge on any atom is 0.314 e. The molecule has 0 spiro atoms. The Morgan fingerprint density at radius 2 is 2.37 bits per heavy atom. The molecule has 106 valence electrons. The smallest absolute Gasteiger partial charge is 0.314 e. The Morgan fingerprint density at radius 1 is 1.53 bits per heavy atom. The Balaban J connectivity index is 1.71. The Kier molecular flexibility index (Phi) is 5.17. The second-order valence-corrected chi connectivity index (χ2v) is 4.32. The molecule has 1 aromatic rings. The molecule has 0 aromatic carbocycles. The van der Waals surface area contributed by atoms with Crippen molar-refractivity contribution in [3.05, 3.63) is 17.5 Å². The minimum absolute atomic E-state index is 0.179. The van der Waals surface area contributed by atoms with Gasteiger partial charge < -0.3 is 20.1 Å². The Morgan fingerprint density at radius 3 is 3.21 bits per heavy atom. The van der Waals surface area contributed by atoms with Gasteiger partial charge in [-0.1, -0.05) is 0 Å². The van der Waals surface area contributed by atoms with Gasteiger partial charge in [0.25, 0.3) is 0 Å². The van der Waals surface area contributed by atoms with Gasteiger partial charge in [-0.25, -0.2) is 4.79 Å². The highest BCUT2D eigenvalue weighted by Crippen LogP contribution is 2.15. The Labute approximate surface area is 112 Å². The SMILES string of the molecule is COCCNC(=O)NCCn1ncc2c1CCOC2. The van der Waals surface area contributed by atoms with E-state index in [1.807, 2.05) is 10.9 Å². The van der Waals surface area contributed by atoms with Crippen LogP contribution in [0.5, 0.6) is 0 Å². The molecule has 0 atom stereocenters. The highest BCUT2D eigenvalue weighted by Gasteiger charge is 2.14. The van der Waals surface area contributed by atoms with Gasteiger partial charge in [-0.3, -0.25) is 4.68 Å². The molecule has 2 N–H and O–H groups in total. The van der Waals surface area contributed by atoms with E-state index in [0.717, 1.165) is 18.6 Å². The van der Waals surface area contributed by atoms with Crippen LogP contribution in [0.2, 0.25) is 0 Å². The summed E-state index contributed by atoms with van der Waals surface area (Å²) in [6.07, 6.45) is 2.72. The molecule has 1 aliphatic rings. The van der Waals surface area contributed by atoms with Crippen molar-refractivity contribution in [1.82, 2.24) is 20.4 Å². The molecule has 0 unspecified atom stereocenters. The summed E-state index contributed by atoms with van der Waals surface area (Å²) in [5.41, 5.74) is 2.36. The number of carbonyl (C=O) groups is 1. The first-order valence-electron chi connectivity index (χ1n) is 6.43. The standard InChI is InChI=1S/C12H20N4O3/c1-18-7-4-14-12(17)13-3-5-16-11-2-6-19-9-10(11)8-15-16/h8H,2-7,9H2,1H3,(H2,13,14,17). The minimum atomic E-state index is -0.179. The summed E-state index contributed by atoms with van der Waals surface area (Å²) in [4.78, 5) is 11.4. The summed E-state index contributed by atoms with van der Waals surface area (Å²) in [5.74, 6) is 0. The molecule has 1 aliphatic heterocycles. The lowest BCUT2D eigenvalue weighted by Gasteiger charge is -2.15. The molecule has 0 fully saturated rings. The maximum absolute atomic E-state index is 11.4. The van der Waals surface area contributed by atoms with E-state index in [0.29, 0.717) is 32.8 Å². The van der Waals surface area contributed by atoms with Gasteiger partial charge >= 0.3 is 6.03 Å². The molecule has 0 saturated heterocycles. The molecule has 7 heteroatoms. The maximum atomic E-state index is 11.4. The number of amides is 2. The predicted molar refractivity (Wildman–Crippen MR) is 68.9 cm³/mol. The lowest BCUT2D eigenvalue weighted by Crippen LogP contribution is -2.38. The molecular weight excluding hydrogens is 248 g/mol. The van der Waals surface area contributed by atoms with Crippen LogP contribution in [0, 0.1) is 0 Å². The number of nitrogens with zero attached hydrogens (tertiary/aromatic N) is 2. The molecule has 0 aliphatic carbocycles. The molecule has 2 amide bonds. The highest BCUT2D eigenvalue weighted by molar-refractivity contribution is 5.73. The van der Waals surface area contributed by atoms with Crippen molar-refractivity contribution in [2.45, 2.75) is 19.6 Å². The first-order valence-corrected chi connectivity index (χ1v) is 6.43. The third kappa shape index (κ3) is 3.93. The number of fused-ring (bicyclic) bond motifs is 1. The molecule has 1 aromatic heterocycles. The highest BCUT2D eigenvalue weighted by atomic mass is 16.5. The van der Waals surface area contributed by atoms with Crippen LogP contribution in [0.1, 0.15) is 11.3 Å². The molecule has 0 bridgehead atoms. The largest absolute Gasteiger partial charge is 0.383 e. The van der Waals surface area contributed by atoms with Crippen LogP contribution in [0.25, 0.3) is 0 Å². The van der Waals surface area contributed by atoms with Crippen LogP contribution in [0.15, 0.2) is 6.20 Å². The third-order valence-electron chi connectivity index (χ3n) is 2.98. The van der Waals surface area contributed by atoms with E-state index in [1.54, 1.807) is 7.11 Å². The second-order valence-electron chi connectivity index (χ2n) is 4.32. The van der Waals surface area contributed by atoms with Crippen LogP contribution < -0.4 is 10.6 Å². The molecule has 19 heavy (non-hydrogen) atoms. The summed E-state index contributed by atoms with van der Waals surface area (Å²) < 4.78 is 12.1. The number of ether oxygens (including phenoxy) is 2. The van der Waals surface area contributed by atoms with E-state index in [1.165, 1.54) is 5.69 Å². The topological polar surface area (TPSA) is 77.4 Å². The number of rotatable bonds is 6. The van der Waals surface area contributed by atoms with Crippen molar-refractivity contribution in [2.75, 3.05) is 33.4 Å². The van der Waals surface area contributed by atoms with Crippen molar-refractivity contribution in [3.63, 3.8) is 0 Å². The van der Waals surface area contributed by atoms with Gasteiger partial charge in [0.15, 0.2) is 0 Å². The number of hydrogen-bond acceptors (Lipinski definition) is 4. The lowest BCUT2D eigenvalue weighted by atomic mass is 10.2. The Hall–Kier alpha value is -1.60. The van der Waals surface area contributed by atoms with E-state index < -0.39 is 0 Å². The Bertz CT molecular complexity index is 419. The van der Waals surface area contributed by atoms with Crippen molar-refractivity contribution in [1.29, 1.82) is 0 Å². The van der Waals surface area contributed by atoms with Crippen molar-refractivity contribution >= 4 is 6.03 Å². The molecular formula is C12H20N4O3. The van der Waals surface area contributed by atoms with Crippen LogP contribution in [-0.2, 0) is 29.0 Å². The van der Waals surface area contributed by atoms with Crippen LogP contribution in [-0.4, -0.2) is 49.2 Å². The summed E-state index contributed by atoms with van der Waals surface area (Å²) >= 11 is 0. The number of methoxy groups -OCH3 is 1. The quantitative estimate of drug-likeness (QED) is 0.706. The van der Waals surface area contributed by atoms with Crippen LogP contribution in [0.4, 0.5) is 4.79 Å². The van der Waals surface area contributed by atoms with Gasteiger partial charge in [-0.15, -0.1) is 0 Å². The molecule has 0 saturated carbocycles. The lowest BCUT2D eigenvalue weighted by molar-refractivity contribution is 0.109. The second kappa shape index (κ2) is 7.10. The van der Waals surface area contributed by atoms with Crippen molar-refractivity contribution in [2.24, 2.45) is 0 Å². The van der Waals surface area contributed by atoms with E-state index >= 15 is 0 Å². The molecule has 2 heterocycles. The van der Waals surface area contributed by atoms with Gasteiger partial charge in [0, 0.05) is 37.9 Å². The van der Waals surface area contributed by atoms with E-state index in [4.69, 9.17) is 9.47 Å². The average Bonchev–Trinajstić information content (AvgIpc) is 2.83. The monoisotopic (exact) mass is 268 g/mol. The van der Waals surface area contributed by atoms with Crippen molar-refractivity contribution < 1.29 is 14.3 Å². The predicted octanol–water partition coefficient (Wildman–Crippen LogP) is -0.0986. The summed E-state index contributed by atoms with van der Waals surface area (Å²) in [5, 5.41) is 9.81. The zero-order valence-corrected chi connectivity index (χ0v) is 11.1. The summed E-state index contributed by atoms with van der Waals surface area (Å²) in [7, 11) is 1.60. The van der Waals surface area contributed by atoms with E-state index in [9.17, 15) is 4.79 Å². The molecule has 0 radical (unpaired) electrons. The fraction of sp³-hybridized carbons (Fsp3) is 0.667. The normalized spacial score (nSPS) is 13.9. The van der Waals surface area contributed by atoms with Gasteiger partial charge in [0.1, 0.15) is 0 Å². The number of hydrogen-bond donors (Lipinski definition) is 2. The zero-order chi connectivity index (χ0) is 13.5. The average molecular weight is 268 g/mol. The van der Waals surface area contributed by atoms with Gasteiger partial charge in [-0.2, -0.15) is 5.10 Å². The minimum Gasteiger partial charge on any atom is -0.383 e. The number of urea groups is 1. The summed E-state index contributed by atoms with van der Waals surface area (Å²) in [6.45, 7) is 3.63. The third-order valence-corrected chi connectivity index (χ3v) is 2.98. The van der Waals surface area contributed by atoms with Crippen LogP contribution >= 0.6 is 0 Å². The van der Waals surface area contributed by atoms with Gasteiger partial charge in [-0.05, 0) is 0 Å². The van der Waals surface area contributed by atoms with Gasteiger partial charge in [0.2, 0.25) is 0 Å². The number of aromatic nitrogens is 2. The molecule has 2 rings (SSSR count). The van der Waals surface area contributed by atoms with E-state index in [2.05, 4.69) is 15.7 Å². The fourth-order valence-corrected chi connectivity index (χ4v) is 2.01.